The van der Waals surface area contributed by atoms with Crippen molar-refractivity contribution in [3.05, 3.63) is 0 Å². The first kappa shape index (κ1) is 11.6. The summed E-state index contributed by atoms with van der Waals surface area (Å²) in [5.74, 6) is 0. The van der Waals surface area contributed by atoms with Crippen LogP contribution in [0.25, 0.3) is 0 Å². The molecule has 0 spiro atoms. The van der Waals surface area contributed by atoms with Crippen molar-refractivity contribution in [3.8, 4) is 0 Å². The van der Waals surface area contributed by atoms with Crippen LogP contribution in [0.15, 0.2) is 0 Å². The molecule has 16 heavy (non-hydrogen) atoms. The zero-order valence-electron chi connectivity index (χ0n) is 8.67. The van der Waals surface area contributed by atoms with Crippen LogP contribution in [0.1, 0.15) is 6.42 Å². The van der Waals surface area contributed by atoms with Crippen molar-refractivity contribution in [1.29, 1.82) is 0 Å². The monoisotopic (exact) mass is 234 g/mol. The lowest BCUT2D eigenvalue weighted by Crippen LogP contribution is -2.54. The minimum Gasteiger partial charge on any atom is -0.394 e. The second kappa shape index (κ2) is 4.52. The van der Waals surface area contributed by atoms with Gasteiger partial charge in [0.25, 0.3) is 0 Å². The largest absolute Gasteiger partial charge is 0.394 e. The molecule has 92 valence electrons. The van der Waals surface area contributed by atoms with Crippen LogP contribution < -0.4 is 5.32 Å². The minimum atomic E-state index is -1.68. The summed E-state index contributed by atoms with van der Waals surface area (Å²) in [5, 5.41) is 20.9. The minimum absolute atomic E-state index is 0.391. The molecule has 0 aromatic heterocycles. The Hall–Kier alpha value is -0.920. The fraction of sp³-hybridized carbons (Fsp3) is 0.889. The van der Waals surface area contributed by atoms with E-state index in [2.05, 4.69) is 5.32 Å². The van der Waals surface area contributed by atoms with Gasteiger partial charge in [-0.2, -0.15) is 0 Å². The summed E-state index contributed by atoms with van der Waals surface area (Å²) >= 11 is 0. The first-order valence-corrected chi connectivity index (χ1v) is 5.28. The van der Waals surface area contributed by atoms with Gasteiger partial charge in [-0.25, -0.2) is 9.18 Å². The van der Waals surface area contributed by atoms with Gasteiger partial charge in [0.1, 0.15) is 12.2 Å². The predicted molar refractivity (Wildman–Crippen MR) is 51.4 cm³/mol. The molecule has 6 nitrogen and oxygen atoms in total. The van der Waals surface area contributed by atoms with Crippen LogP contribution in [-0.2, 0) is 4.74 Å². The standard InChI is InChI=1S/C9H15FN2O4/c10-6-7(14)5(4-13)16-8(6)12-3-1-2-11-9(12)15/h5-8,13-14H,1-4H2,(H,11,15)/t5-,6+,7-,8?/m1/s1. The lowest BCUT2D eigenvalue weighted by atomic mass is 10.1. The van der Waals surface area contributed by atoms with Gasteiger partial charge in [0.05, 0.1) is 6.61 Å². The number of urea groups is 1. The van der Waals surface area contributed by atoms with E-state index in [1.54, 1.807) is 0 Å². The van der Waals surface area contributed by atoms with Gasteiger partial charge >= 0.3 is 6.03 Å². The van der Waals surface area contributed by atoms with Crippen molar-refractivity contribution in [1.82, 2.24) is 10.2 Å². The van der Waals surface area contributed by atoms with Gasteiger partial charge in [0, 0.05) is 13.1 Å². The van der Waals surface area contributed by atoms with Crippen molar-refractivity contribution in [2.75, 3.05) is 19.7 Å². The van der Waals surface area contributed by atoms with Crippen molar-refractivity contribution in [2.24, 2.45) is 0 Å². The molecular weight excluding hydrogens is 219 g/mol. The molecule has 3 N–H and O–H groups in total. The lowest BCUT2D eigenvalue weighted by molar-refractivity contribution is -0.0730. The molecule has 2 aliphatic rings. The molecule has 2 fully saturated rings. The maximum Gasteiger partial charge on any atom is 0.319 e. The third-order valence-corrected chi connectivity index (χ3v) is 2.89. The van der Waals surface area contributed by atoms with E-state index in [0.29, 0.717) is 19.5 Å². The number of ether oxygens (including phenoxy) is 1. The number of carbonyl (C=O) groups excluding carboxylic acids is 1. The summed E-state index contributed by atoms with van der Waals surface area (Å²) in [6.07, 6.45) is -4.43. The van der Waals surface area contributed by atoms with E-state index in [1.165, 1.54) is 4.90 Å². The molecule has 0 aliphatic carbocycles. The molecule has 2 heterocycles. The van der Waals surface area contributed by atoms with E-state index in [-0.39, 0.29) is 0 Å². The number of rotatable bonds is 2. The van der Waals surface area contributed by atoms with Gasteiger partial charge in [-0.15, -0.1) is 0 Å². The highest BCUT2D eigenvalue weighted by atomic mass is 19.1. The molecule has 2 aliphatic heterocycles. The number of halogens is 1. The molecule has 0 aromatic rings. The number of aliphatic hydroxyl groups excluding tert-OH is 2. The molecule has 7 heteroatoms. The smallest absolute Gasteiger partial charge is 0.319 e. The number of nitrogens with zero attached hydrogens (tertiary/aromatic N) is 1. The Morgan fingerprint density at radius 2 is 2.38 bits per heavy atom. The van der Waals surface area contributed by atoms with Crippen molar-refractivity contribution in [2.45, 2.75) is 31.0 Å². The lowest BCUT2D eigenvalue weighted by Gasteiger charge is -2.32. The molecular formula is C9H15FN2O4. The van der Waals surface area contributed by atoms with E-state index in [9.17, 15) is 14.3 Å². The normalized spacial score (nSPS) is 39.9. The van der Waals surface area contributed by atoms with E-state index < -0.39 is 37.2 Å². The van der Waals surface area contributed by atoms with Crippen molar-refractivity contribution in [3.63, 3.8) is 0 Å². The highest BCUT2D eigenvalue weighted by Gasteiger charge is 2.48. The molecule has 0 radical (unpaired) electrons. The van der Waals surface area contributed by atoms with Crippen LogP contribution in [0.3, 0.4) is 0 Å². The molecule has 2 amide bonds. The second-order valence-electron chi connectivity index (χ2n) is 3.96. The van der Waals surface area contributed by atoms with Gasteiger partial charge in [0.15, 0.2) is 12.4 Å². The number of amides is 2. The maximum absolute atomic E-state index is 13.7. The molecule has 0 bridgehead atoms. The highest BCUT2D eigenvalue weighted by molar-refractivity contribution is 5.75. The second-order valence-corrected chi connectivity index (χ2v) is 3.96. The Labute approximate surface area is 92.0 Å². The summed E-state index contributed by atoms with van der Waals surface area (Å²) < 4.78 is 18.8. The van der Waals surface area contributed by atoms with Crippen molar-refractivity contribution < 1.29 is 24.1 Å². The van der Waals surface area contributed by atoms with E-state index in [4.69, 9.17) is 9.84 Å². The number of carbonyl (C=O) groups is 1. The Kier molecular flexibility index (Phi) is 3.27. The van der Waals surface area contributed by atoms with Crippen LogP contribution in [0.5, 0.6) is 0 Å². The Morgan fingerprint density at radius 3 is 2.94 bits per heavy atom. The fourth-order valence-electron chi connectivity index (χ4n) is 2.00. The topological polar surface area (TPSA) is 82.0 Å². The maximum atomic E-state index is 13.7. The number of hydrogen-bond donors (Lipinski definition) is 3. The van der Waals surface area contributed by atoms with Crippen LogP contribution >= 0.6 is 0 Å². The van der Waals surface area contributed by atoms with Crippen LogP contribution in [0.2, 0.25) is 0 Å². The zero-order valence-corrected chi connectivity index (χ0v) is 8.67. The Balaban J connectivity index is 2.06. The number of nitrogens with one attached hydrogen (secondary N) is 1. The SMILES string of the molecule is O=C1NCCCN1C1O[C@H](CO)[C@@H](O)[C@@H]1F. The van der Waals surface area contributed by atoms with Gasteiger partial charge in [-0.05, 0) is 6.42 Å². The number of alkyl halides is 1. The number of hydrogen-bond acceptors (Lipinski definition) is 4. The number of aliphatic hydroxyl groups is 2. The van der Waals surface area contributed by atoms with E-state index >= 15 is 0 Å². The van der Waals surface area contributed by atoms with Crippen LogP contribution in [0, 0.1) is 0 Å². The van der Waals surface area contributed by atoms with Gasteiger partial charge < -0.3 is 20.3 Å². The molecule has 4 atom stereocenters. The summed E-state index contributed by atoms with van der Waals surface area (Å²) in [7, 11) is 0. The third kappa shape index (κ3) is 1.85. The quantitative estimate of drug-likeness (QED) is 0.561. The zero-order chi connectivity index (χ0) is 11.7. The predicted octanol–water partition coefficient (Wildman–Crippen LogP) is -1.18. The van der Waals surface area contributed by atoms with Crippen molar-refractivity contribution >= 4 is 6.03 Å². The van der Waals surface area contributed by atoms with E-state index in [0.717, 1.165) is 0 Å². The first-order chi connectivity index (χ1) is 7.65. The Bertz CT molecular complexity index is 278. The van der Waals surface area contributed by atoms with Crippen LogP contribution in [0.4, 0.5) is 9.18 Å². The molecule has 1 unspecified atom stereocenters. The first-order valence-electron chi connectivity index (χ1n) is 5.28. The highest BCUT2D eigenvalue weighted by Crippen LogP contribution is 2.27. The van der Waals surface area contributed by atoms with Gasteiger partial charge in [-0.1, -0.05) is 0 Å². The molecule has 2 saturated heterocycles. The van der Waals surface area contributed by atoms with Gasteiger partial charge in [-0.3, -0.25) is 4.90 Å². The molecule has 2 rings (SSSR count). The summed E-state index contributed by atoms with van der Waals surface area (Å²) in [4.78, 5) is 12.7. The third-order valence-electron chi connectivity index (χ3n) is 2.89. The average Bonchev–Trinajstić information content (AvgIpc) is 2.57. The average molecular weight is 234 g/mol. The summed E-state index contributed by atoms with van der Waals surface area (Å²) in [6.45, 7) is 0.486. The fourth-order valence-corrected chi connectivity index (χ4v) is 2.00. The van der Waals surface area contributed by atoms with Crippen LogP contribution in [-0.4, -0.2) is 65.4 Å². The van der Waals surface area contributed by atoms with Gasteiger partial charge in [0.2, 0.25) is 0 Å². The molecule has 0 saturated carbocycles. The van der Waals surface area contributed by atoms with E-state index in [1.807, 2.05) is 0 Å². The summed E-state index contributed by atoms with van der Waals surface area (Å²) in [6, 6.07) is -0.398. The summed E-state index contributed by atoms with van der Waals surface area (Å²) in [5.41, 5.74) is 0. The Morgan fingerprint density at radius 1 is 1.62 bits per heavy atom. The molecule has 0 aromatic carbocycles.